The normalized spacial score (nSPS) is 18.6. The second-order valence-electron chi connectivity index (χ2n) is 6.32. The minimum Gasteiger partial charge on any atom is -0.380 e. The van der Waals surface area contributed by atoms with Gasteiger partial charge in [0.1, 0.15) is 0 Å². The average molecular weight is 355 g/mol. The van der Waals surface area contributed by atoms with Crippen LogP contribution in [0.4, 0.5) is 0 Å². The molecule has 5 nitrogen and oxygen atoms in total. The van der Waals surface area contributed by atoms with Gasteiger partial charge in [0.25, 0.3) is 0 Å². The number of sulfonamides is 1. The molecule has 1 fully saturated rings. The zero-order chi connectivity index (χ0) is 17.6. The van der Waals surface area contributed by atoms with Gasteiger partial charge in [0.2, 0.25) is 10.0 Å². The van der Waals surface area contributed by atoms with E-state index in [9.17, 15) is 8.42 Å². The number of ether oxygens (including phenoxy) is 1. The average Bonchev–Trinajstić information content (AvgIpc) is 2.62. The summed E-state index contributed by atoms with van der Waals surface area (Å²) in [5, 5.41) is 0. The quantitative estimate of drug-likeness (QED) is 0.673. The van der Waals surface area contributed by atoms with Crippen LogP contribution in [0, 0.1) is 0 Å². The molecule has 2 rings (SSSR count). The summed E-state index contributed by atoms with van der Waals surface area (Å²) in [6.45, 7) is 11.2. The first kappa shape index (κ1) is 19.4. The van der Waals surface area contributed by atoms with Crippen LogP contribution >= 0.6 is 0 Å². The fourth-order valence-electron chi connectivity index (χ4n) is 2.88. The van der Waals surface area contributed by atoms with Crippen molar-refractivity contribution in [3.8, 4) is 0 Å². The van der Waals surface area contributed by atoms with Crippen LogP contribution in [-0.4, -0.2) is 63.6 Å². The molecule has 136 valence electrons. The van der Waals surface area contributed by atoms with E-state index in [1.54, 1.807) is 16.4 Å². The summed E-state index contributed by atoms with van der Waals surface area (Å²) in [7, 11) is -3.38. The van der Waals surface area contributed by atoms with Crippen LogP contribution in [0.15, 0.2) is 29.2 Å². The molecule has 0 bridgehead atoms. The maximum absolute atomic E-state index is 12.8. The van der Waals surface area contributed by atoms with Crippen LogP contribution in [0.2, 0.25) is 0 Å². The number of piperazine rings is 1. The largest absolute Gasteiger partial charge is 0.380 e. The maximum atomic E-state index is 12.8. The Morgan fingerprint density at radius 2 is 1.71 bits per heavy atom. The molecule has 0 N–H and O–H groups in total. The van der Waals surface area contributed by atoms with E-state index < -0.39 is 10.0 Å². The molecule has 24 heavy (non-hydrogen) atoms. The van der Waals surface area contributed by atoms with Gasteiger partial charge in [0, 0.05) is 39.3 Å². The van der Waals surface area contributed by atoms with Gasteiger partial charge in [-0.25, -0.2) is 8.42 Å². The summed E-state index contributed by atoms with van der Waals surface area (Å²) >= 11 is 0. The Morgan fingerprint density at radius 1 is 1.08 bits per heavy atom. The Kier molecular flexibility index (Phi) is 7.22. The van der Waals surface area contributed by atoms with Gasteiger partial charge in [0.15, 0.2) is 0 Å². The SMILES string of the molecule is CCOCCN1CCN(S(=O)(=O)c2ccc(C(C)CC)cc2)CC1. The van der Waals surface area contributed by atoms with Crippen LogP contribution in [0.1, 0.15) is 38.7 Å². The molecule has 1 aliphatic heterocycles. The molecular formula is C18H30N2O3S. The molecule has 1 saturated heterocycles. The molecule has 0 aliphatic carbocycles. The fraction of sp³-hybridized carbons (Fsp3) is 0.667. The maximum Gasteiger partial charge on any atom is 0.243 e. The monoisotopic (exact) mass is 354 g/mol. The first-order chi connectivity index (χ1) is 11.5. The van der Waals surface area contributed by atoms with Crippen molar-refractivity contribution < 1.29 is 13.2 Å². The lowest BCUT2D eigenvalue weighted by atomic mass is 9.99. The predicted molar refractivity (Wildman–Crippen MR) is 96.8 cm³/mol. The van der Waals surface area contributed by atoms with Gasteiger partial charge in [-0.3, -0.25) is 4.90 Å². The third-order valence-electron chi connectivity index (χ3n) is 4.79. The Balaban J connectivity index is 1.96. The van der Waals surface area contributed by atoms with E-state index in [0.717, 1.165) is 32.7 Å². The number of hydrogen-bond acceptors (Lipinski definition) is 4. The van der Waals surface area contributed by atoms with Gasteiger partial charge in [-0.1, -0.05) is 26.0 Å². The minimum absolute atomic E-state index is 0.400. The number of rotatable bonds is 8. The lowest BCUT2D eigenvalue weighted by molar-refractivity contribution is 0.0979. The van der Waals surface area contributed by atoms with Crippen LogP contribution in [0.3, 0.4) is 0 Å². The Hall–Kier alpha value is -0.950. The molecule has 1 aliphatic rings. The molecule has 1 aromatic rings. The summed E-state index contributed by atoms with van der Waals surface area (Å²) in [5.41, 5.74) is 1.19. The van der Waals surface area contributed by atoms with E-state index in [4.69, 9.17) is 4.74 Å². The second kappa shape index (κ2) is 8.94. The lowest BCUT2D eigenvalue weighted by Crippen LogP contribution is -2.49. The van der Waals surface area contributed by atoms with Gasteiger partial charge in [-0.2, -0.15) is 4.31 Å². The summed E-state index contributed by atoms with van der Waals surface area (Å²) in [5.74, 6) is 0.454. The molecule has 1 unspecified atom stereocenters. The first-order valence-corrected chi connectivity index (χ1v) is 10.3. The van der Waals surface area contributed by atoms with Crippen molar-refractivity contribution in [1.29, 1.82) is 0 Å². The van der Waals surface area contributed by atoms with E-state index in [1.165, 1.54) is 5.56 Å². The van der Waals surface area contributed by atoms with Crippen molar-refractivity contribution in [2.24, 2.45) is 0 Å². The van der Waals surface area contributed by atoms with Gasteiger partial charge in [-0.15, -0.1) is 0 Å². The van der Waals surface area contributed by atoms with Crippen molar-refractivity contribution in [3.63, 3.8) is 0 Å². The van der Waals surface area contributed by atoms with Gasteiger partial charge < -0.3 is 4.74 Å². The molecular weight excluding hydrogens is 324 g/mol. The summed E-state index contributed by atoms with van der Waals surface area (Å²) in [6, 6.07) is 7.38. The van der Waals surface area contributed by atoms with E-state index in [0.29, 0.717) is 30.5 Å². The molecule has 0 spiro atoms. The molecule has 0 aromatic heterocycles. The Labute approximate surface area is 146 Å². The number of hydrogen-bond donors (Lipinski definition) is 0. The van der Waals surface area contributed by atoms with Crippen molar-refractivity contribution in [2.45, 2.75) is 38.0 Å². The molecule has 0 saturated carbocycles. The van der Waals surface area contributed by atoms with Crippen LogP contribution in [-0.2, 0) is 14.8 Å². The third kappa shape index (κ3) is 4.79. The standard InChI is InChI=1S/C18H30N2O3S/c1-4-16(3)17-6-8-18(9-7-17)24(21,22)20-12-10-19(11-13-20)14-15-23-5-2/h6-9,16H,4-5,10-15H2,1-3H3. The summed E-state index contributed by atoms with van der Waals surface area (Å²) < 4.78 is 32.5. The van der Waals surface area contributed by atoms with Crippen LogP contribution < -0.4 is 0 Å². The van der Waals surface area contributed by atoms with Gasteiger partial charge >= 0.3 is 0 Å². The molecule has 6 heteroatoms. The topological polar surface area (TPSA) is 49.9 Å². The zero-order valence-electron chi connectivity index (χ0n) is 15.1. The minimum atomic E-state index is -3.38. The number of nitrogens with zero attached hydrogens (tertiary/aromatic N) is 2. The van der Waals surface area contributed by atoms with Crippen molar-refractivity contribution in [1.82, 2.24) is 9.21 Å². The predicted octanol–water partition coefficient (Wildman–Crippen LogP) is 2.54. The summed E-state index contributed by atoms with van der Waals surface area (Å²) in [4.78, 5) is 2.66. The van der Waals surface area contributed by atoms with E-state index in [2.05, 4.69) is 18.7 Å². The van der Waals surface area contributed by atoms with Crippen LogP contribution in [0.5, 0.6) is 0 Å². The highest BCUT2D eigenvalue weighted by atomic mass is 32.2. The molecule has 1 aromatic carbocycles. The van der Waals surface area contributed by atoms with E-state index in [1.807, 2.05) is 19.1 Å². The third-order valence-corrected chi connectivity index (χ3v) is 6.70. The molecule has 0 amide bonds. The highest BCUT2D eigenvalue weighted by molar-refractivity contribution is 7.89. The first-order valence-electron chi connectivity index (χ1n) is 8.89. The van der Waals surface area contributed by atoms with Crippen molar-refractivity contribution in [3.05, 3.63) is 29.8 Å². The highest BCUT2D eigenvalue weighted by Crippen LogP contribution is 2.23. The summed E-state index contributed by atoms with van der Waals surface area (Å²) in [6.07, 6.45) is 1.05. The smallest absolute Gasteiger partial charge is 0.243 e. The zero-order valence-corrected chi connectivity index (χ0v) is 15.9. The Bertz CT molecular complexity index is 593. The second-order valence-corrected chi connectivity index (χ2v) is 8.26. The van der Waals surface area contributed by atoms with Crippen molar-refractivity contribution >= 4 is 10.0 Å². The number of benzene rings is 1. The van der Waals surface area contributed by atoms with Gasteiger partial charge in [-0.05, 0) is 37.0 Å². The van der Waals surface area contributed by atoms with Crippen molar-refractivity contribution in [2.75, 3.05) is 45.9 Å². The Morgan fingerprint density at radius 3 is 2.25 bits per heavy atom. The molecule has 1 heterocycles. The molecule has 0 radical (unpaired) electrons. The fourth-order valence-corrected chi connectivity index (χ4v) is 4.31. The van der Waals surface area contributed by atoms with Gasteiger partial charge in [0.05, 0.1) is 11.5 Å². The van der Waals surface area contributed by atoms with E-state index in [-0.39, 0.29) is 0 Å². The molecule has 1 atom stereocenters. The van der Waals surface area contributed by atoms with Crippen LogP contribution in [0.25, 0.3) is 0 Å². The van der Waals surface area contributed by atoms with E-state index >= 15 is 0 Å². The highest BCUT2D eigenvalue weighted by Gasteiger charge is 2.28. The lowest BCUT2D eigenvalue weighted by Gasteiger charge is -2.33.